The van der Waals surface area contributed by atoms with E-state index in [-0.39, 0.29) is 11.5 Å². The van der Waals surface area contributed by atoms with E-state index in [2.05, 4.69) is 5.32 Å². The fourth-order valence-corrected chi connectivity index (χ4v) is 1.52. The number of hydrogen-bond acceptors (Lipinski definition) is 4. The lowest BCUT2D eigenvalue weighted by Crippen LogP contribution is -2.29. The fourth-order valence-electron chi connectivity index (χ4n) is 0.727. The lowest BCUT2D eigenvalue weighted by molar-refractivity contribution is -0.138. The first-order valence-corrected chi connectivity index (χ1v) is 3.80. The Hall–Kier alpha value is -0.550. The summed E-state index contributed by atoms with van der Waals surface area (Å²) >= 11 is 1.13. The van der Waals surface area contributed by atoms with E-state index in [4.69, 9.17) is 5.11 Å². The quantitative estimate of drug-likeness (QED) is 0.579. The molecule has 0 aromatic heterocycles. The predicted molar refractivity (Wildman–Crippen MR) is 36.6 cm³/mol. The van der Waals surface area contributed by atoms with Gasteiger partial charge < -0.3 is 5.11 Å². The summed E-state index contributed by atoms with van der Waals surface area (Å²) in [5.41, 5.74) is 0. The van der Waals surface area contributed by atoms with Gasteiger partial charge in [-0.2, -0.15) is 0 Å². The van der Waals surface area contributed by atoms with Crippen molar-refractivity contribution in [2.24, 2.45) is 0 Å². The summed E-state index contributed by atoms with van der Waals surface area (Å²) in [5, 5.41) is 11.0. The van der Waals surface area contributed by atoms with E-state index in [1.807, 2.05) is 0 Å². The number of carbonyl (C=O) groups excluding carboxylic acids is 1. The molecule has 1 unspecified atom stereocenters. The zero-order chi connectivity index (χ0) is 7.56. The van der Waals surface area contributed by atoms with Gasteiger partial charge in [-0.25, -0.2) is 0 Å². The Bertz CT molecular complexity index is 170. The Labute approximate surface area is 62.0 Å². The third-order valence-electron chi connectivity index (χ3n) is 1.21. The largest absolute Gasteiger partial charge is 0.481 e. The van der Waals surface area contributed by atoms with E-state index in [1.165, 1.54) is 0 Å². The van der Waals surface area contributed by atoms with Gasteiger partial charge in [0, 0.05) is 0 Å². The molecule has 10 heavy (non-hydrogen) atoms. The molecule has 1 aliphatic heterocycles. The molecule has 0 saturated carbocycles. The number of nitrogens with one attached hydrogen (secondary N) is 1. The third kappa shape index (κ3) is 1.71. The van der Waals surface area contributed by atoms with Crippen molar-refractivity contribution in [1.82, 2.24) is 5.32 Å². The van der Waals surface area contributed by atoms with Crippen LogP contribution in [0.4, 0.5) is 0 Å². The minimum absolute atomic E-state index is 0.0672. The van der Waals surface area contributed by atoms with Crippen molar-refractivity contribution in [2.45, 2.75) is 12.5 Å². The molecule has 1 fully saturated rings. The normalized spacial score (nSPS) is 25.2. The second-order valence-corrected chi connectivity index (χ2v) is 2.94. The average molecular weight is 161 g/mol. The topological polar surface area (TPSA) is 66.4 Å². The summed E-state index contributed by atoms with van der Waals surface area (Å²) in [6.45, 7) is 0. The maximum atomic E-state index is 10.7. The Morgan fingerprint density at radius 2 is 2.60 bits per heavy atom. The Balaban J connectivity index is 2.40. The van der Waals surface area contributed by atoms with Gasteiger partial charge in [-0.15, -0.1) is 0 Å². The van der Waals surface area contributed by atoms with Crippen molar-refractivity contribution in [3.63, 3.8) is 0 Å². The van der Waals surface area contributed by atoms with Crippen LogP contribution in [0.3, 0.4) is 0 Å². The van der Waals surface area contributed by atoms with Crippen LogP contribution in [-0.4, -0.2) is 28.1 Å². The molecule has 5 heteroatoms. The third-order valence-corrected chi connectivity index (χ3v) is 2.09. The molecule has 0 aromatic rings. The average Bonchev–Trinajstić information content (AvgIpc) is 2.15. The van der Waals surface area contributed by atoms with Crippen molar-refractivity contribution in [1.29, 1.82) is 0 Å². The van der Waals surface area contributed by atoms with Gasteiger partial charge in [0.1, 0.15) is 0 Å². The second-order valence-electron chi connectivity index (χ2n) is 1.96. The molecule has 0 radical (unpaired) electrons. The lowest BCUT2D eigenvalue weighted by atomic mass is 10.2. The van der Waals surface area contributed by atoms with Crippen LogP contribution < -0.4 is 5.32 Å². The maximum absolute atomic E-state index is 10.7. The van der Waals surface area contributed by atoms with E-state index in [0.717, 1.165) is 11.8 Å². The Kier molecular flexibility index (Phi) is 2.29. The molecule has 1 aliphatic rings. The first kappa shape index (κ1) is 7.56. The highest BCUT2D eigenvalue weighted by Crippen LogP contribution is 2.14. The number of aliphatic carboxylic acids is 1. The van der Waals surface area contributed by atoms with Crippen LogP contribution in [0.15, 0.2) is 0 Å². The van der Waals surface area contributed by atoms with Crippen LogP contribution in [0.5, 0.6) is 0 Å². The number of thioether (sulfide) groups is 1. The monoisotopic (exact) mass is 161 g/mol. The zero-order valence-corrected chi connectivity index (χ0v) is 5.98. The molecule has 1 rings (SSSR count). The Morgan fingerprint density at radius 3 is 3.00 bits per heavy atom. The second kappa shape index (κ2) is 3.03. The smallest absolute Gasteiger partial charge is 0.305 e. The van der Waals surface area contributed by atoms with Gasteiger partial charge >= 0.3 is 5.97 Å². The predicted octanol–water partition coefficient (Wildman–Crippen LogP) is -0.350. The minimum Gasteiger partial charge on any atom is -0.481 e. The van der Waals surface area contributed by atoms with Crippen molar-refractivity contribution in [2.75, 3.05) is 5.88 Å². The summed E-state index contributed by atoms with van der Waals surface area (Å²) in [7, 11) is 0. The molecule has 1 saturated heterocycles. The minimum atomic E-state index is -0.937. The lowest BCUT2D eigenvalue weighted by Gasteiger charge is -2.01. The van der Waals surface area contributed by atoms with Crippen molar-refractivity contribution >= 4 is 22.8 Å². The van der Waals surface area contributed by atoms with Gasteiger partial charge in [0.15, 0.2) is 0 Å². The maximum Gasteiger partial charge on any atom is 0.305 e. The first-order chi connectivity index (χ1) is 4.70. The molecule has 0 spiro atoms. The van der Waals surface area contributed by atoms with Crippen LogP contribution in [0.2, 0.25) is 0 Å². The SMILES string of the molecule is O=C(O)CC1NCSC1=O. The highest BCUT2D eigenvalue weighted by molar-refractivity contribution is 8.14. The molecule has 56 valence electrons. The molecule has 0 amide bonds. The van der Waals surface area contributed by atoms with E-state index in [0.29, 0.717) is 5.88 Å². The summed E-state index contributed by atoms with van der Waals surface area (Å²) < 4.78 is 0. The van der Waals surface area contributed by atoms with E-state index < -0.39 is 12.0 Å². The van der Waals surface area contributed by atoms with Gasteiger partial charge in [0.25, 0.3) is 0 Å². The van der Waals surface area contributed by atoms with Crippen LogP contribution in [0, 0.1) is 0 Å². The molecule has 0 aliphatic carbocycles. The van der Waals surface area contributed by atoms with Crippen LogP contribution in [0.1, 0.15) is 6.42 Å². The molecule has 0 aromatic carbocycles. The molecule has 0 bridgehead atoms. The van der Waals surface area contributed by atoms with Gasteiger partial charge in [-0.3, -0.25) is 14.9 Å². The molecule has 2 N–H and O–H groups in total. The Morgan fingerprint density at radius 1 is 1.90 bits per heavy atom. The summed E-state index contributed by atoms with van der Waals surface area (Å²) in [5.74, 6) is -0.398. The van der Waals surface area contributed by atoms with Gasteiger partial charge in [-0.05, 0) is 0 Å². The number of carbonyl (C=O) groups is 2. The van der Waals surface area contributed by atoms with Crippen LogP contribution >= 0.6 is 11.8 Å². The molecular weight excluding hydrogens is 154 g/mol. The van der Waals surface area contributed by atoms with Crippen molar-refractivity contribution in [3.05, 3.63) is 0 Å². The van der Waals surface area contributed by atoms with Crippen LogP contribution in [0.25, 0.3) is 0 Å². The summed E-state index contributed by atoms with van der Waals surface area (Å²) in [4.78, 5) is 20.8. The number of carboxylic acid groups (broad SMARTS) is 1. The highest BCUT2D eigenvalue weighted by atomic mass is 32.2. The highest BCUT2D eigenvalue weighted by Gasteiger charge is 2.26. The number of carboxylic acids is 1. The molecule has 4 nitrogen and oxygen atoms in total. The van der Waals surface area contributed by atoms with Gasteiger partial charge in [0.05, 0.1) is 18.3 Å². The molecule has 1 heterocycles. The first-order valence-electron chi connectivity index (χ1n) is 2.82. The number of rotatable bonds is 2. The van der Waals surface area contributed by atoms with Gasteiger partial charge in [-0.1, -0.05) is 11.8 Å². The van der Waals surface area contributed by atoms with E-state index in [9.17, 15) is 9.59 Å². The van der Waals surface area contributed by atoms with E-state index >= 15 is 0 Å². The van der Waals surface area contributed by atoms with Crippen molar-refractivity contribution in [3.8, 4) is 0 Å². The van der Waals surface area contributed by atoms with Gasteiger partial charge in [0.2, 0.25) is 5.12 Å². The van der Waals surface area contributed by atoms with Crippen molar-refractivity contribution < 1.29 is 14.7 Å². The number of hydrogen-bond donors (Lipinski definition) is 2. The van der Waals surface area contributed by atoms with Crippen LogP contribution in [-0.2, 0) is 9.59 Å². The molecule has 1 atom stereocenters. The molecular formula is C5H7NO3S. The standard InChI is InChI=1S/C5H7NO3S/c7-4(8)1-3-5(9)10-2-6-3/h3,6H,1-2H2,(H,7,8). The van der Waals surface area contributed by atoms with E-state index in [1.54, 1.807) is 0 Å². The summed E-state index contributed by atoms with van der Waals surface area (Å²) in [6, 6.07) is -0.470. The zero-order valence-electron chi connectivity index (χ0n) is 5.16. The fraction of sp³-hybridized carbons (Fsp3) is 0.600. The summed E-state index contributed by atoms with van der Waals surface area (Å²) in [6.07, 6.45) is -0.105.